The summed E-state index contributed by atoms with van der Waals surface area (Å²) in [4.78, 5) is 4.30. The zero-order valence-corrected chi connectivity index (χ0v) is 10.7. The first-order chi connectivity index (χ1) is 7.31. The van der Waals surface area contributed by atoms with Crippen LogP contribution in [-0.2, 0) is 6.42 Å². The minimum atomic E-state index is 0.955. The van der Waals surface area contributed by atoms with Gasteiger partial charge in [0.15, 0.2) is 0 Å². The molecular weight excluding hydrogens is 272 g/mol. The van der Waals surface area contributed by atoms with E-state index in [-0.39, 0.29) is 0 Å². The van der Waals surface area contributed by atoms with E-state index in [1.807, 2.05) is 29.8 Å². The zero-order chi connectivity index (χ0) is 10.7. The third-order valence-electron chi connectivity index (χ3n) is 2.10. The maximum Gasteiger partial charge on any atom is 0.116 e. The van der Waals surface area contributed by atoms with Crippen molar-refractivity contribution in [3.05, 3.63) is 39.9 Å². The molecule has 0 saturated carbocycles. The van der Waals surface area contributed by atoms with Crippen LogP contribution >= 0.6 is 27.3 Å². The van der Waals surface area contributed by atoms with Gasteiger partial charge in [0.2, 0.25) is 0 Å². The molecule has 2 rings (SSSR count). The Morgan fingerprint density at radius 3 is 2.93 bits per heavy atom. The van der Waals surface area contributed by atoms with Crippen LogP contribution < -0.4 is 5.32 Å². The summed E-state index contributed by atoms with van der Waals surface area (Å²) in [5.41, 5.74) is 4.07. The number of thiazole rings is 1. The molecule has 2 nitrogen and oxygen atoms in total. The zero-order valence-electron chi connectivity index (χ0n) is 8.33. The van der Waals surface area contributed by atoms with Crippen LogP contribution in [0.25, 0.3) is 0 Å². The molecule has 4 heteroatoms. The van der Waals surface area contributed by atoms with Gasteiger partial charge in [0.1, 0.15) is 5.00 Å². The molecule has 1 N–H and O–H groups in total. The summed E-state index contributed by atoms with van der Waals surface area (Å²) in [6.45, 7) is 2.11. The van der Waals surface area contributed by atoms with Gasteiger partial charge in [0.05, 0.1) is 16.9 Å². The standard InChI is InChI=1S/C11H11BrN2S/c1-2-9-11(15-7-13-9)14-10-6-4-3-5-8(10)12/h3-7,14H,2H2,1H3. The summed E-state index contributed by atoms with van der Waals surface area (Å²) in [5.74, 6) is 0. The summed E-state index contributed by atoms with van der Waals surface area (Å²) in [7, 11) is 0. The highest BCUT2D eigenvalue weighted by Crippen LogP contribution is 2.29. The first-order valence-corrected chi connectivity index (χ1v) is 6.42. The molecule has 0 spiro atoms. The van der Waals surface area contributed by atoms with Gasteiger partial charge in [-0.05, 0) is 34.5 Å². The smallest absolute Gasteiger partial charge is 0.116 e. The van der Waals surface area contributed by atoms with E-state index < -0.39 is 0 Å². The van der Waals surface area contributed by atoms with Crippen molar-refractivity contribution in [1.82, 2.24) is 4.98 Å². The fraction of sp³-hybridized carbons (Fsp3) is 0.182. The predicted octanol–water partition coefficient (Wildman–Crippen LogP) is 4.21. The van der Waals surface area contributed by atoms with Crippen molar-refractivity contribution in [3.63, 3.8) is 0 Å². The van der Waals surface area contributed by atoms with Crippen LogP contribution in [0.1, 0.15) is 12.6 Å². The lowest BCUT2D eigenvalue weighted by Crippen LogP contribution is -1.92. The minimum absolute atomic E-state index is 0.955. The lowest BCUT2D eigenvalue weighted by atomic mass is 10.3. The number of nitrogens with one attached hydrogen (secondary N) is 1. The number of benzene rings is 1. The Labute approximate surface area is 101 Å². The molecule has 0 fully saturated rings. The molecule has 1 heterocycles. The summed E-state index contributed by atoms with van der Waals surface area (Å²) >= 11 is 5.14. The normalized spacial score (nSPS) is 10.3. The van der Waals surface area contributed by atoms with E-state index in [2.05, 4.69) is 33.2 Å². The van der Waals surface area contributed by atoms with Crippen molar-refractivity contribution in [2.45, 2.75) is 13.3 Å². The topological polar surface area (TPSA) is 24.9 Å². The molecule has 2 aromatic rings. The Morgan fingerprint density at radius 1 is 1.40 bits per heavy atom. The van der Waals surface area contributed by atoms with Crippen molar-refractivity contribution in [2.24, 2.45) is 0 Å². The Balaban J connectivity index is 2.26. The van der Waals surface area contributed by atoms with E-state index in [9.17, 15) is 0 Å². The van der Waals surface area contributed by atoms with Crippen LogP contribution in [0.15, 0.2) is 34.2 Å². The molecule has 1 aromatic heterocycles. The van der Waals surface area contributed by atoms with Crippen LogP contribution in [0.5, 0.6) is 0 Å². The Hall–Kier alpha value is -0.870. The molecule has 0 saturated heterocycles. The number of para-hydroxylation sites is 1. The highest BCUT2D eigenvalue weighted by Gasteiger charge is 2.05. The largest absolute Gasteiger partial charge is 0.345 e. The lowest BCUT2D eigenvalue weighted by Gasteiger charge is -2.06. The van der Waals surface area contributed by atoms with E-state index in [1.54, 1.807) is 11.3 Å². The second kappa shape index (κ2) is 4.77. The highest BCUT2D eigenvalue weighted by molar-refractivity contribution is 9.10. The van der Waals surface area contributed by atoms with Crippen LogP contribution in [0.3, 0.4) is 0 Å². The van der Waals surface area contributed by atoms with Crippen LogP contribution in [0, 0.1) is 0 Å². The van der Waals surface area contributed by atoms with Gasteiger partial charge >= 0.3 is 0 Å². The van der Waals surface area contributed by atoms with Crippen molar-refractivity contribution in [2.75, 3.05) is 5.32 Å². The second-order valence-electron chi connectivity index (χ2n) is 3.09. The van der Waals surface area contributed by atoms with Gasteiger partial charge in [0.25, 0.3) is 0 Å². The molecule has 0 atom stereocenters. The lowest BCUT2D eigenvalue weighted by molar-refractivity contribution is 1.06. The molecular formula is C11H11BrN2S. The number of aromatic nitrogens is 1. The molecule has 0 radical (unpaired) electrons. The number of halogens is 1. The Bertz CT molecular complexity index is 453. The fourth-order valence-corrected chi connectivity index (χ4v) is 2.48. The Morgan fingerprint density at radius 2 is 2.20 bits per heavy atom. The number of rotatable bonds is 3. The Kier molecular flexibility index (Phi) is 3.38. The first-order valence-electron chi connectivity index (χ1n) is 4.75. The summed E-state index contributed by atoms with van der Waals surface area (Å²) in [6, 6.07) is 8.08. The van der Waals surface area contributed by atoms with Gasteiger partial charge in [-0.1, -0.05) is 19.1 Å². The molecule has 0 amide bonds. The van der Waals surface area contributed by atoms with E-state index in [0.29, 0.717) is 0 Å². The number of anilines is 2. The second-order valence-corrected chi connectivity index (χ2v) is 4.80. The average Bonchev–Trinajstić information content (AvgIpc) is 2.69. The molecule has 15 heavy (non-hydrogen) atoms. The minimum Gasteiger partial charge on any atom is -0.345 e. The van der Waals surface area contributed by atoms with E-state index in [1.165, 1.54) is 0 Å². The third kappa shape index (κ3) is 2.38. The molecule has 1 aromatic carbocycles. The monoisotopic (exact) mass is 282 g/mol. The van der Waals surface area contributed by atoms with E-state index >= 15 is 0 Å². The van der Waals surface area contributed by atoms with Gasteiger partial charge in [-0.25, -0.2) is 4.98 Å². The van der Waals surface area contributed by atoms with Crippen LogP contribution in [0.2, 0.25) is 0 Å². The van der Waals surface area contributed by atoms with Gasteiger partial charge in [0, 0.05) is 4.47 Å². The molecule has 0 aliphatic heterocycles. The van der Waals surface area contributed by atoms with Crippen molar-refractivity contribution in [3.8, 4) is 0 Å². The molecule has 0 unspecified atom stereocenters. The molecule has 0 aliphatic rings. The molecule has 78 valence electrons. The average molecular weight is 283 g/mol. The van der Waals surface area contributed by atoms with Gasteiger partial charge in [-0.3, -0.25) is 0 Å². The van der Waals surface area contributed by atoms with Gasteiger partial charge in [-0.2, -0.15) is 0 Å². The number of hydrogen-bond donors (Lipinski definition) is 1. The first kappa shape index (κ1) is 10.6. The van der Waals surface area contributed by atoms with E-state index in [4.69, 9.17) is 0 Å². The summed E-state index contributed by atoms with van der Waals surface area (Å²) < 4.78 is 1.07. The summed E-state index contributed by atoms with van der Waals surface area (Å²) in [6.07, 6.45) is 0.955. The van der Waals surface area contributed by atoms with Crippen LogP contribution in [0.4, 0.5) is 10.7 Å². The quantitative estimate of drug-likeness (QED) is 0.912. The number of nitrogens with zero attached hydrogens (tertiary/aromatic N) is 1. The predicted molar refractivity (Wildman–Crippen MR) is 68.9 cm³/mol. The van der Waals surface area contributed by atoms with Crippen molar-refractivity contribution >= 4 is 38.0 Å². The van der Waals surface area contributed by atoms with Crippen molar-refractivity contribution in [1.29, 1.82) is 0 Å². The maximum absolute atomic E-state index is 4.30. The van der Waals surface area contributed by atoms with Crippen molar-refractivity contribution < 1.29 is 0 Å². The SMILES string of the molecule is CCc1ncsc1Nc1ccccc1Br. The number of aryl methyl sites for hydroxylation is 1. The third-order valence-corrected chi connectivity index (χ3v) is 3.57. The fourth-order valence-electron chi connectivity index (χ4n) is 1.31. The molecule has 0 bridgehead atoms. The van der Waals surface area contributed by atoms with E-state index in [0.717, 1.165) is 27.3 Å². The van der Waals surface area contributed by atoms with Gasteiger partial charge in [-0.15, -0.1) is 11.3 Å². The highest BCUT2D eigenvalue weighted by atomic mass is 79.9. The van der Waals surface area contributed by atoms with Gasteiger partial charge < -0.3 is 5.32 Å². The molecule has 0 aliphatic carbocycles. The van der Waals surface area contributed by atoms with Crippen LogP contribution in [-0.4, -0.2) is 4.98 Å². The summed E-state index contributed by atoms with van der Waals surface area (Å²) in [5, 5.41) is 4.51. The maximum atomic E-state index is 4.30. The number of hydrogen-bond acceptors (Lipinski definition) is 3.